The van der Waals surface area contributed by atoms with E-state index in [4.69, 9.17) is 0 Å². The maximum Gasteiger partial charge on any atom is 0.00871 e. The van der Waals surface area contributed by atoms with Crippen LogP contribution in [0.3, 0.4) is 0 Å². The van der Waals surface area contributed by atoms with Crippen molar-refractivity contribution < 1.29 is 0 Å². The van der Waals surface area contributed by atoms with Gasteiger partial charge in [0.1, 0.15) is 0 Å². The second-order valence-electron chi connectivity index (χ2n) is 2.35. The largest absolute Gasteiger partial charge is 0.0985 e. The van der Waals surface area contributed by atoms with E-state index in [0.29, 0.717) is 0 Å². The van der Waals surface area contributed by atoms with Crippen LogP contribution < -0.4 is 0 Å². The number of allylic oxidation sites excluding steroid dienone is 6. The molecule has 0 N–H and O–H groups in total. The average Bonchev–Trinajstić information content (AvgIpc) is 1.88. The van der Waals surface area contributed by atoms with Crippen LogP contribution in [-0.2, 0) is 0 Å². The Labute approximate surface area is 62.3 Å². The highest BCUT2D eigenvalue weighted by Crippen LogP contribution is 2.22. The zero-order valence-electron chi connectivity index (χ0n) is 6.22. The average molecular weight is 131 g/mol. The van der Waals surface area contributed by atoms with Gasteiger partial charge in [-0.2, -0.15) is 0 Å². The van der Waals surface area contributed by atoms with Gasteiger partial charge in [-0.05, 0) is 18.1 Å². The highest BCUT2D eigenvalue weighted by Gasteiger charge is 2.03. The van der Waals surface area contributed by atoms with Crippen LogP contribution in [0.15, 0.2) is 48.1 Å². The van der Waals surface area contributed by atoms with Gasteiger partial charge in [-0.1, -0.05) is 37.0 Å². The third-order valence-corrected chi connectivity index (χ3v) is 1.62. The van der Waals surface area contributed by atoms with E-state index in [2.05, 4.69) is 26.5 Å². The molecule has 0 aromatic rings. The maximum absolute atomic E-state index is 3.88. The molecule has 51 valence electrons. The Bertz CT molecular complexity index is 226. The van der Waals surface area contributed by atoms with Crippen molar-refractivity contribution in [1.29, 1.82) is 0 Å². The highest BCUT2D eigenvalue weighted by molar-refractivity contribution is 5.53. The molecule has 0 heteroatoms. The fourth-order valence-corrected chi connectivity index (χ4v) is 1.03. The zero-order chi connectivity index (χ0) is 7.56. The Morgan fingerprint density at radius 2 is 2.20 bits per heavy atom. The molecule has 0 amide bonds. The molecular weight excluding hydrogens is 120 g/mol. The molecule has 0 aromatic heterocycles. The van der Waals surface area contributed by atoms with E-state index in [0.717, 1.165) is 11.1 Å². The van der Waals surface area contributed by atoms with Crippen LogP contribution >= 0.6 is 0 Å². The minimum Gasteiger partial charge on any atom is -0.0985 e. The van der Waals surface area contributed by atoms with Crippen LogP contribution in [0.2, 0.25) is 0 Å². The molecule has 0 unspecified atom stereocenters. The quantitative estimate of drug-likeness (QED) is 0.513. The Morgan fingerprint density at radius 3 is 2.60 bits per heavy atom. The van der Waals surface area contributed by atoms with Gasteiger partial charge in [0.2, 0.25) is 0 Å². The number of hydrogen-bond acceptors (Lipinski definition) is 0. The summed E-state index contributed by atoms with van der Waals surface area (Å²) in [6, 6.07) is 0. The van der Waals surface area contributed by atoms with Crippen LogP contribution in [0, 0.1) is 6.42 Å². The van der Waals surface area contributed by atoms with Crippen LogP contribution in [0.1, 0.15) is 6.92 Å². The standard InChI is InChI=1S/C10H11/c1-4-10-8(2)6-5-7-9(10)3/h4-7H,1-2H2,3H3. The summed E-state index contributed by atoms with van der Waals surface area (Å²) in [4.78, 5) is 0. The van der Waals surface area contributed by atoms with Crippen LogP contribution in [0.5, 0.6) is 0 Å². The molecule has 0 saturated carbocycles. The van der Waals surface area contributed by atoms with E-state index in [1.165, 1.54) is 5.57 Å². The van der Waals surface area contributed by atoms with Crippen LogP contribution in [-0.4, -0.2) is 0 Å². The second-order valence-corrected chi connectivity index (χ2v) is 2.35. The van der Waals surface area contributed by atoms with Gasteiger partial charge >= 0.3 is 0 Å². The fraction of sp³-hybridized carbons (Fsp3) is 0.100. The van der Waals surface area contributed by atoms with Gasteiger partial charge in [0, 0.05) is 6.42 Å². The molecule has 0 heterocycles. The predicted molar refractivity (Wildman–Crippen MR) is 45.5 cm³/mol. The first-order valence-electron chi connectivity index (χ1n) is 3.29. The van der Waals surface area contributed by atoms with Crippen molar-refractivity contribution in [3.63, 3.8) is 0 Å². The molecule has 0 aliphatic heterocycles. The van der Waals surface area contributed by atoms with Crippen molar-refractivity contribution >= 4 is 0 Å². The monoisotopic (exact) mass is 131 g/mol. The smallest absolute Gasteiger partial charge is 0.00871 e. The van der Waals surface area contributed by atoms with E-state index < -0.39 is 0 Å². The molecule has 1 rings (SSSR count). The molecule has 1 aliphatic carbocycles. The molecule has 0 saturated heterocycles. The molecule has 0 fully saturated rings. The van der Waals surface area contributed by atoms with Crippen molar-refractivity contribution in [1.82, 2.24) is 0 Å². The Balaban J connectivity index is 3.00. The molecule has 1 aliphatic rings. The summed E-state index contributed by atoms with van der Waals surface area (Å²) >= 11 is 0. The molecule has 0 spiro atoms. The van der Waals surface area contributed by atoms with Gasteiger partial charge in [-0.15, -0.1) is 0 Å². The Kier molecular flexibility index (Phi) is 1.91. The van der Waals surface area contributed by atoms with Crippen molar-refractivity contribution in [2.24, 2.45) is 0 Å². The second kappa shape index (κ2) is 2.70. The van der Waals surface area contributed by atoms with Crippen molar-refractivity contribution in [3.8, 4) is 0 Å². The lowest BCUT2D eigenvalue weighted by Gasteiger charge is -2.10. The number of hydrogen-bond donors (Lipinski definition) is 0. The summed E-state index contributed by atoms with van der Waals surface area (Å²) < 4.78 is 0. The van der Waals surface area contributed by atoms with Crippen molar-refractivity contribution in [2.75, 3.05) is 0 Å². The molecule has 0 aromatic carbocycles. The van der Waals surface area contributed by atoms with E-state index in [1.807, 2.05) is 18.2 Å². The predicted octanol–water partition coefficient (Wildman–Crippen LogP) is 2.82. The summed E-state index contributed by atoms with van der Waals surface area (Å²) in [7, 11) is 0. The molecular formula is C10H11. The van der Waals surface area contributed by atoms with Crippen molar-refractivity contribution in [3.05, 3.63) is 54.5 Å². The van der Waals surface area contributed by atoms with E-state index in [1.54, 1.807) is 0 Å². The first-order valence-corrected chi connectivity index (χ1v) is 3.29. The summed E-state index contributed by atoms with van der Waals surface area (Å²) in [6.07, 6.45) is 7.90. The van der Waals surface area contributed by atoms with E-state index in [9.17, 15) is 0 Å². The third-order valence-electron chi connectivity index (χ3n) is 1.62. The molecule has 1 radical (unpaired) electrons. The summed E-state index contributed by atoms with van der Waals surface area (Å²) in [5.74, 6) is 0. The van der Waals surface area contributed by atoms with Crippen LogP contribution in [0.25, 0.3) is 0 Å². The summed E-state index contributed by atoms with van der Waals surface area (Å²) in [5.41, 5.74) is 3.44. The van der Waals surface area contributed by atoms with E-state index in [-0.39, 0.29) is 0 Å². The first-order chi connectivity index (χ1) is 4.75. The van der Waals surface area contributed by atoms with Gasteiger partial charge in [-0.3, -0.25) is 0 Å². The van der Waals surface area contributed by atoms with E-state index >= 15 is 0 Å². The first kappa shape index (κ1) is 7.07. The third kappa shape index (κ3) is 1.10. The minimum absolute atomic E-state index is 1.05. The normalized spacial score (nSPS) is 17.9. The van der Waals surface area contributed by atoms with Gasteiger partial charge < -0.3 is 0 Å². The van der Waals surface area contributed by atoms with Gasteiger partial charge in [0.25, 0.3) is 0 Å². The van der Waals surface area contributed by atoms with Gasteiger partial charge in [0.15, 0.2) is 0 Å². The van der Waals surface area contributed by atoms with Crippen LogP contribution in [0.4, 0.5) is 0 Å². The zero-order valence-corrected chi connectivity index (χ0v) is 6.22. The lowest BCUT2D eigenvalue weighted by atomic mass is 9.95. The molecule has 0 nitrogen and oxygen atoms in total. The maximum atomic E-state index is 3.88. The lowest BCUT2D eigenvalue weighted by molar-refractivity contribution is 1.32. The highest BCUT2D eigenvalue weighted by atomic mass is 14.1. The van der Waals surface area contributed by atoms with Gasteiger partial charge in [0.05, 0.1) is 0 Å². The number of rotatable bonds is 1. The minimum atomic E-state index is 1.05. The Morgan fingerprint density at radius 1 is 1.50 bits per heavy atom. The lowest BCUT2D eigenvalue weighted by Crippen LogP contribution is -1.92. The Hall–Kier alpha value is -1.04. The molecule has 0 bridgehead atoms. The van der Waals surface area contributed by atoms with Gasteiger partial charge in [-0.25, -0.2) is 0 Å². The topological polar surface area (TPSA) is 0 Å². The SMILES string of the molecule is C=CC1=C(C)[CH]C=CC1=C. The molecule has 0 atom stereocenters. The summed E-state index contributed by atoms with van der Waals surface area (Å²) in [6.45, 7) is 9.65. The fourth-order valence-electron chi connectivity index (χ4n) is 1.03. The molecule has 10 heavy (non-hydrogen) atoms. The summed E-state index contributed by atoms with van der Waals surface area (Å²) in [5, 5.41) is 0. The van der Waals surface area contributed by atoms with Crippen molar-refractivity contribution in [2.45, 2.75) is 6.92 Å².